The Morgan fingerprint density at radius 3 is 2.11 bits per heavy atom. The van der Waals surface area contributed by atoms with Crippen LogP contribution in [0.25, 0.3) is 11.5 Å². The van der Waals surface area contributed by atoms with Gasteiger partial charge in [-0.3, -0.25) is 10.1 Å². The van der Waals surface area contributed by atoms with E-state index >= 15 is 0 Å². The minimum atomic E-state index is -4.30. The van der Waals surface area contributed by atoms with Crippen molar-refractivity contribution in [2.24, 2.45) is 0 Å². The van der Waals surface area contributed by atoms with Gasteiger partial charge in [0.05, 0.1) is 34.1 Å². The third-order valence-corrected chi connectivity index (χ3v) is 8.57. The van der Waals surface area contributed by atoms with Gasteiger partial charge in [0.1, 0.15) is 17.2 Å². The number of hydrogen-bond donors (Lipinski definition) is 2. The molecule has 0 aliphatic carbocycles. The summed E-state index contributed by atoms with van der Waals surface area (Å²) in [4.78, 5) is 40.9. The highest BCUT2D eigenvalue weighted by Gasteiger charge is 2.41. The Labute approximate surface area is 279 Å². The van der Waals surface area contributed by atoms with E-state index in [4.69, 9.17) is 25.5 Å². The summed E-state index contributed by atoms with van der Waals surface area (Å²) in [7, 11) is -4.30. The molecule has 0 unspecified atom stereocenters. The molecule has 254 valence electrons. The molecule has 0 radical (unpaired) electrons. The first-order valence-corrected chi connectivity index (χ1v) is 16.9. The summed E-state index contributed by atoms with van der Waals surface area (Å²) in [6, 6.07) is 7.76. The van der Waals surface area contributed by atoms with Crippen LogP contribution in [0.2, 0.25) is 5.02 Å². The molecule has 3 amide bonds. The van der Waals surface area contributed by atoms with Crippen LogP contribution in [0.1, 0.15) is 73.8 Å². The molecule has 2 aromatic carbocycles. The Balaban J connectivity index is 1.94. The number of fused-ring (bicyclic) bond motifs is 1. The van der Waals surface area contributed by atoms with Gasteiger partial charge < -0.3 is 24.1 Å². The molecule has 0 saturated carbocycles. The summed E-state index contributed by atoms with van der Waals surface area (Å²) in [6.45, 7) is 15.5. The molecule has 3 aromatic rings. The number of nitrogens with one attached hydrogen (secondary N) is 2. The molecule has 1 atom stereocenters. The molecule has 2 N–H and O–H groups in total. The zero-order valence-corrected chi connectivity index (χ0v) is 29.4. The molecule has 1 aliphatic rings. The summed E-state index contributed by atoms with van der Waals surface area (Å²) in [5, 5.41) is 13.8. The average Bonchev–Trinajstić information content (AvgIpc) is 3.38. The smallest absolute Gasteiger partial charge is 0.412 e. The number of halogens is 1. The van der Waals surface area contributed by atoms with Crippen LogP contribution in [-0.4, -0.2) is 59.7 Å². The Hall–Kier alpha value is -4.17. The van der Waals surface area contributed by atoms with Gasteiger partial charge in [-0.1, -0.05) is 44.5 Å². The third-order valence-electron chi connectivity index (χ3n) is 6.55. The fourth-order valence-electron chi connectivity index (χ4n) is 4.53. The van der Waals surface area contributed by atoms with Crippen LogP contribution in [0.4, 0.5) is 21.0 Å². The normalized spacial score (nSPS) is 16.6. The first-order chi connectivity index (χ1) is 21.5. The van der Waals surface area contributed by atoms with Gasteiger partial charge in [-0.25, -0.2) is 18.0 Å². The van der Waals surface area contributed by atoms with Crippen LogP contribution in [0.5, 0.6) is 0 Å². The number of alkyl carbamates (subject to hydrolysis) is 1. The lowest BCUT2D eigenvalue weighted by Crippen LogP contribution is -2.51. The second-order valence-corrected chi connectivity index (χ2v) is 16.6. The molecule has 0 saturated heterocycles. The summed E-state index contributed by atoms with van der Waals surface area (Å²) < 4.78 is 44.8. The highest BCUT2D eigenvalue weighted by molar-refractivity contribution is 7.91. The van der Waals surface area contributed by atoms with E-state index in [9.17, 15) is 22.8 Å². The van der Waals surface area contributed by atoms with Gasteiger partial charge >= 0.3 is 12.2 Å². The quantitative estimate of drug-likeness (QED) is 0.312. The molecule has 1 aliphatic heterocycles. The number of sulfone groups is 1. The lowest BCUT2D eigenvalue weighted by molar-refractivity contribution is -0.120. The minimum absolute atomic E-state index is 0.0110. The Bertz CT molecular complexity index is 1790. The van der Waals surface area contributed by atoms with E-state index in [0.29, 0.717) is 10.6 Å². The molecule has 47 heavy (non-hydrogen) atoms. The maximum atomic E-state index is 14.2. The van der Waals surface area contributed by atoms with Crippen molar-refractivity contribution < 1.29 is 36.7 Å². The number of benzene rings is 2. The van der Waals surface area contributed by atoms with E-state index in [1.807, 2.05) is 20.8 Å². The van der Waals surface area contributed by atoms with Crippen molar-refractivity contribution in [1.82, 2.24) is 15.5 Å². The molecule has 0 fully saturated rings. The van der Waals surface area contributed by atoms with Crippen LogP contribution in [0, 0.1) is 0 Å². The summed E-state index contributed by atoms with van der Waals surface area (Å²) in [5.41, 5.74) is -1.59. The van der Waals surface area contributed by atoms with Gasteiger partial charge in [0.2, 0.25) is 11.8 Å². The average molecular weight is 690 g/mol. The van der Waals surface area contributed by atoms with Gasteiger partial charge in [0.25, 0.3) is 5.91 Å². The molecule has 0 spiro atoms. The summed E-state index contributed by atoms with van der Waals surface area (Å²) in [5.74, 6) is -1.25. The topological polar surface area (TPSA) is 170 Å². The first kappa shape index (κ1) is 35.7. The largest absolute Gasteiger partial charge is 0.444 e. The van der Waals surface area contributed by atoms with E-state index in [2.05, 4.69) is 20.8 Å². The van der Waals surface area contributed by atoms with Crippen molar-refractivity contribution in [3.8, 4) is 11.5 Å². The van der Waals surface area contributed by atoms with Crippen LogP contribution < -0.4 is 15.5 Å². The molecule has 0 bridgehead atoms. The number of nitrogens with zero attached hydrogens (tertiary/aromatic N) is 3. The number of carbonyl (C=O) groups excluding carboxylic acids is 3. The number of ether oxygens (including phenoxy) is 2. The van der Waals surface area contributed by atoms with E-state index in [1.54, 1.807) is 65.8 Å². The maximum Gasteiger partial charge on any atom is 0.412 e. The number of aromatic nitrogens is 2. The number of anilines is 2. The van der Waals surface area contributed by atoms with Gasteiger partial charge in [-0.05, 0) is 71.4 Å². The van der Waals surface area contributed by atoms with Crippen molar-refractivity contribution in [1.29, 1.82) is 0 Å². The molecular weight excluding hydrogens is 650 g/mol. The predicted molar refractivity (Wildman–Crippen MR) is 176 cm³/mol. The number of hydrogen-bond acceptors (Lipinski definition) is 10. The number of carbonyl (C=O) groups is 3. The predicted octanol–water partition coefficient (Wildman–Crippen LogP) is 6.25. The zero-order chi connectivity index (χ0) is 35.1. The SMILES string of the molecule is CC(C)(C)OC(=O)Nc1cc2c(cc1-c1nnc(C(C)(C)C)o1)N(Cc1ccc(Cl)cc1)C(=O)[C@@H](NC(=O)OC(C)(C)C)CS2(=O)=O. The van der Waals surface area contributed by atoms with E-state index < -0.39 is 56.3 Å². The van der Waals surface area contributed by atoms with E-state index in [1.165, 1.54) is 17.0 Å². The first-order valence-electron chi connectivity index (χ1n) is 14.8. The summed E-state index contributed by atoms with van der Waals surface area (Å²) >= 11 is 6.09. The molecule has 1 aromatic heterocycles. The third kappa shape index (κ3) is 9.01. The van der Waals surface area contributed by atoms with E-state index in [0.717, 1.165) is 0 Å². The second kappa shape index (κ2) is 12.8. The van der Waals surface area contributed by atoms with Gasteiger partial charge in [0.15, 0.2) is 9.84 Å². The Morgan fingerprint density at radius 2 is 1.55 bits per heavy atom. The minimum Gasteiger partial charge on any atom is -0.444 e. The molecular formula is C32H40ClN5O8S. The summed E-state index contributed by atoms with van der Waals surface area (Å²) in [6.07, 6.45) is -1.82. The number of rotatable bonds is 5. The zero-order valence-electron chi connectivity index (χ0n) is 27.8. The lowest BCUT2D eigenvalue weighted by Gasteiger charge is -2.27. The Kier molecular flexibility index (Phi) is 9.71. The molecule has 4 rings (SSSR count). The molecule has 13 nitrogen and oxygen atoms in total. The Morgan fingerprint density at radius 1 is 0.957 bits per heavy atom. The van der Waals surface area contributed by atoms with Gasteiger partial charge in [0, 0.05) is 10.4 Å². The highest BCUT2D eigenvalue weighted by atomic mass is 35.5. The molecule has 2 heterocycles. The van der Waals surface area contributed by atoms with Gasteiger partial charge in [-0.2, -0.15) is 0 Å². The van der Waals surface area contributed by atoms with Crippen molar-refractivity contribution >= 4 is 50.9 Å². The van der Waals surface area contributed by atoms with Crippen LogP contribution >= 0.6 is 11.6 Å². The molecule has 15 heteroatoms. The van der Waals surface area contributed by atoms with Crippen molar-refractivity contribution in [3.05, 3.63) is 52.9 Å². The fourth-order valence-corrected chi connectivity index (χ4v) is 6.29. The second-order valence-electron chi connectivity index (χ2n) is 14.2. The monoisotopic (exact) mass is 689 g/mol. The standard InChI is InChI=1S/C32H40ClN5O8S/c1-30(2,3)27-37-36-25(44-27)20-14-23-24(15-21(20)34-28(40)45-31(4,5)6)47(42,43)17-22(35-29(41)46-32(7,8)9)26(39)38(23)16-18-10-12-19(33)13-11-18/h10-15,22H,16-17H2,1-9H3,(H,34,40)(H,35,41)/t22-/m0/s1. The van der Waals surface area contributed by atoms with Crippen molar-refractivity contribution in [2.45, 2.75) is 96.4 Å². The van der Waals surface area contributed by atoms with Crippen LogP contribution in [0.3, 0.4) is 0 Å². The van der Waals surface area contributed by atoms with Crippen molar-refractivity contribution in [2.75, 3.05) is 16.0 Å². The maximum absolute atomic E-state index is 14.2. The highest BCUT2D eigenvalue weighted by Crippen LogP contribution is 2.41. The lowest BCUT2D eigenvalue weighted by atomic mass is 9.97. The van der Waals surface area contributed by atoms with E-state index in [-0.39, 0.29) is 40.2 Å². The number of amides is 3. The van der Waals surface area contributed by atoms with Gasteiger partial charge in [-0.15, -0.1) is 10.2 Å². The van der Waals surface area contributed by atoms with Crippen LogP contribution in [0.15, 0.2) is 45.7 Å². The van der Waals surface area contributed by atoms with Crippen LogP contribution in [-0.2, 0) is 36.1 Å². The van der Waals surface area contributed by atoms with Crippen molar-refractivity contribution in [3.63, 3.8) is 0 Å². The fraction of sp³-hybridized carbons (Fsp3) is 0.469.